The van der Waals surface area contributed by atoms with Gasteiger partial charge in [0.2, 0.25) is 0 Å². The number of halogens is 2. The van der Waals surface area contributed by atoms with Gasteiger partial charge < -0.3 is 19.8 Å². The number of fused-ring (bicyclic) bond motifs is 1. The van der Waals surface area contributed by atoms with Crippen LogP contribution in [0.3, 0.4) is 0 Å². The van der Waals surface area contributed by atoms with Gasteiger partial charge >= 0.3 is 0 Å². The molecule has 2 unspecified atom stereocenters. The van der Waals surface area contributed by atoms with E-state index < -0.39 is 40.5 Å². The third-order valence-corrected chi connectivity index (χ3v) is 9.36. The average molecular weight is 709 g/mol. The minimum absolute atomic E-state index is 0.0190. The van der Waals surface area contributed by atoms with Crippen molar-refractivity contribution in [3.8, 4) is 28.3 Å². The first-order valence-electron chi connectivity index (χ1n) is 15.9. The van der Waals surface area contributed by atoms with E-state index >= 15 is 0 Å². The Bertz CT molecular complexity index is 2240. The average Bonchev–Trinajstić information content (AvgIpc) is 3.52. The summed E-state index contributed by atoms with van der Waals surface area (Å²) in [4.78, 5) is 32.1. The molecule has 0 aliphatic carbocycles. The zero-order chi connectivity index (χ0) is 36.2. The smallest absolute Gasteiger partial charge is 0.274 e. The SMILES string of the molecule is CNC(=O)c1c(-c2ccc(F)cc2)oc2cc(N(C)S(C)=O)c(-c3ccc(OCc4ccccc4)c(C(=O)NC(C)c4ccc(F)cc4)n3)cc12. The monoisotopic (exact) mass is 708 g/mol. The molecule has 260 valence electrons. The van der Waals surface area contributed by atoms with Crippen molar-refractivity contribution in [2.45, 2.75) is 19.6 Å². The molecule has 51 heavy (non-hydrogen) atoms. The van der Waals surface area contributed by atoms with Gasteiger partial charge in [-0.2, -0.15) is 0 Å². The summed E-state index contributed by atoms with van der Waals surface area (Å²) < 4.78 is 54.1. The first-order chi connectivity index (χ1) is 24.5. The maximum atomic E-state index is 13.9. The van der Waals surface area contributed by atoms with Crippen LogP contribution >= 0.6 is 0 Å². The lowest BCUT2D eigenvalue weighted by Gasteiger charge is -2.21. The van der Waals surface area contributed by atoms with Gasteiger partial charge in [-0.25, -0.2) is 18.0 Å². The minimum Gasteiger partial charge on any atom is -0.486 e. The zero-order valence-electron chi connectivity index (χ0n) is 28.2. The van der Waals surface area contributed by atoms with Crippen molar-refractivity contribution in [2.24, 2.45) is 0 Å². The van der Waals surface area contributed by atoms with Gasteiger partial charge in [0.15, 0.2) is 11.4 Å². The second-order valence-electron chi connectivity index (χ2n) is 11.7. The van der Waals surface area contributed by atoms with Crippen molar-refractivity contribution < 1.29 is 31.7 Å². The number of benzene rings is 4. The van der Waals surface area contributed by atoms with Gasteiger partial charge in [-0.3, -0.25) is 13.9 Å². The molecular formula is C39H34F2N4O5S. The molecule has 2 heterocycles. The maximum Gasteiger partial charge on any atom is 0.274 e. The topological polar surface area (TPSA) is 114 Å². The molecule has 12 heteroatoms. The van der Waals surface area contributed by atoms with E-state index in [0.717, 1.165) is 5.56 Å². The standard InChI is InChI=1S/C39H34F2N4O5S/c1-23(25-10-14-27(40)15-11-25)43-39(47)36-33(49-22-24-8-6-5-7-9-24)19-18-31(44-36)29-20-30-34(21-32(29)45(3)51(4)48)50-37(35(30)38(46)42-2)26-12-16-28(41)17-13-26/h5-21,23H,22H2,1-4H3,(H,42,46)(H,43,47). The van der Waals surface area contributed by atoms with Crippen LogP contribution in [0.2, 0.25) is 0 Å². The minimum atomic E-state index is -1.50. The van der Waals surface area contributed by atoms with Crippen LogP contribution in [-0.4, -0.2) is 41.4 Å². The number of hydrogen-bond donors (Lipinski definition) is 2. The van der Waals surface area contributed by atoms with E-state index in [1.165, 1.54) is 54.0 Å². The van der Waals surface area contributed by atoms with Crippen molar-refractivity contribution in [2.75, 3.05) is 24.7 Å². The second-order valence-corrected chi connectivity index (χ2v) is 13.1. The summed E-state index contributed by atoms with van der Waals surface area (Å²) in [5.74, 6) is -1.38. The Hall–Kier alpha value is -5.88. The summed E-state index contributed by atoms with van der Waals surface area (Å²) in [6, 6.07) is 27.0. The van der Waals surface area contributed by atoms with Gasteiger partial charge in [-0.1, -0.05) is 42.5 Å². The molecule has 4 aromatic carbocycles. The number of hydrogen-bond acceptors (Lipinski definition) is 6. The van der Waals surface area contributed by atoms with E-state index in [0.29, 0.717) is 39.0 Å². The lowest BCUT2D eigenvalue weighted by atomic mass is 10.0. The van der Waals surface area contributed by atoms with Crippen LogP contribution in [0.4, 0.5) is 14.5 Å². The molecule has 2 aromatic heterocycles. The third-order valence-electron chi connectivity index (χ3n) is 8.40. The second kappa shape index (κ2) is 14.9. The highest BCUT2D eigenvalue weighted by atomic mass is 32.2. The highest BCUT2D eigenvalue weighted by molar-refractivity contribution is 7.85. The highest BCUT2D eigenvalue weighted by Gasteiger charge is 2.26. The zero-order valence-corrected chi connectivity index (χ0v) is 29.0. The van der Waals surface area contributed by atoms with E-state index in [1.807, 2.05) is 30.3 Å². The first kappa shape index (κ1) is 35.0. The number of carbonyl (C=O) groups is 2. The molecule has 6 aromatic rings. The molecule has 2 N–H and O–H groups in total. The van der Waals surface area contributed by atoms with Gasteiger partial charge in [-0.05, 0) is 72.6 Å². The number of carbonyl (C=O) groups excluding carboxylic acids is 2. The lowest BCUT2D eigenvalue weighted by Crippen LogP contribution is -2.28. The first-order valence-corrected chi connectivity index (χ1v) is 17.5. The van der Waals surface area contributed by atoms with Gasteiger partial charge in [0, 0.05) is 42.9 Å². The van der Waals surface area contributed by atoms with Crippen LogP contribution in [0, 0.1) is 11.6 Å². The van der Waals surface area contributed by atoms with Crippen molar-refractivity contribution in [1.82, 2.24) is 15.6 Å². The van der Waals surface area contributed by atoms with E-state index in [-0.39, 0.29) is 29.4 Å². The fraction of sp³-hybridized carbons (Fsp3) is 0.154. The quantitative estimate of drug-likeness (QED) is 0.143. The Kier molecular flexibility index (Phi) is 10.2. The van der Waals surface area contributed by atoms with E-state index in [9.17, 15) is 22.6 Å². The van der Waals surface area contributed by atoms with Crippen LogP contribution < -0.4 is 19.7 Å². The molecule has 6 rings (SSSR count). The van der Waals surface area contributed by atoms with Crippen LogP contribution in [-0.2, 0) is 17.6 Å². The number of furan rings is 1. The van der Waals surface area contributed by atoms with Gasteiger partial charge in [-0.15, -0.1) is 0 Å². The van der Waals surface area contributed by atoms with E-state index in [2.05, 4.69) is 10.6 Å². The molecule has 0 fully saturated rings. The lowest BCUT2D eigenvalue weighted by molar-refractivity contribution is 0.0928. The molecule has 9 nitrogen and oxygen atoms in total. The van der Waals surface area contributed by atoms with Crippen molar-refractivity contribution in [3.05, 3.63) is 137 Å². The van der Waals surface area contributed by atoms with E-state index in [4.69, 9.17) is 14.1 Å². The molecule has 0 bridgehead atoms. The summed E-state index contributed by atoms with van der Waals surface area (Å²) >= 11 is 0. The Labute approximate surface area is 295 Å². The number of nitrogens with zero attached hydrogens (tertiary/aromatic N) is 2. The maximum absolute atomic E-state index is 13.9. The number of aromatic nitrogens is 1. The largest absolute Gasteiger partial charge is 0.486 e. The van der Waals surface area contributed by atoms with Gasteiger partial charge in [0.05, 0.1) is 23.0 Å². The highest BCUT2D eigenvalue weighted by Crippen LogP contribution is 2.41. The Balaban J connectivity index is 1.50. The van der Waals surface area contributed by atoms with Crippen molar-refractivity contribution >= 4 is 39.5 Å². The van der Waals surface area contributed by atoms with Crippen LogP contribution in [0.25, 0.3) is 33.6 Å². The normalized spacial score (nSPS) is 12.3. The van der Waals surface area contributed by atoms with Crippen LogP contribution in [0.5, 0.6) is 5.75 Å². The van der Waals surface area contributed by atoms with Crippen LogP contribution in [0.15, 0.2) is 108 Å². The molecule has 0 radical (unpaired) electrons. The summed E-state index contributed by atoms with van der Waals surface area (Å²) in [7, 11) is 1.63. The van der Waals surface area contributed by atoms with Crippen LogP contribution in [0.1, 0.15) is 44.9 Å². The third kappa shape index (κ3) is 7.51. The summed E-state index contributed by atoms with van der Waals surface area (Å²) in [5.41, 5.74) is 3.78. The van der Waals surface area contributed by atoms with E-state index in [1.54, 1.807) is 50.4 Å². The fourth-order valence-corrected chi connectivity index (χ4v) is 6.03. The number of ether oxygens (including phenoxy) is 1. The molecule has 2 atom stereocenters. The Morgan fingerprint density at radius 1 is 0.922 bits per heavy atom. The van der Waals surface area contributed by atoms with Crippen molar-refractivity contribution in [1.29, 1.82) is 0 Å². The van der Waals surface area contributed by atoms with Crippen molar-refractivity contribution in [3.63, 3.8) is 0 Å². The molecule has 2 amide bonds. The predicted molar refractivity (Wildman–Crippen MR) is 194 cm³/mol. The van der Waals surface area contributed by atoms with Gasteiger partial charge in [0.1, 0.15) is 40.6 Å². The number of anilines is 1. The summed E-state index contributed by atoms with van der Waals surface area (Å²) in [6.07, 6.45) is 1.51. The fourth-order valence-electron chi connectivity index (χ4n) is 5.60. The summed E-state index contributed by atoms with van der Waals surface area (Å²) in [5, 5.41) is 6.01. The molecule has 0 saturated carbocycles. The number of rotatable bonds is 11. The number of pyridine rings is 1. The predicted octanol–water partition coefficient (Wildman–Crippen LogP) is 7.60. The molecule has 0 aliphatic rings. The molecule has 0 saturated heterocycles. The Morgan fingerprint density at radius 3 is 2.24 bits per heavy atom. The molecular weight excluding hydrogens is 675 g/mol. The molecule has 0 spiro atoms. The number of amides is 2. The number of nitrogens with one attached hydrogen (secondary N) is 2. The Morgan fingerprint density at radius 2 is 1.59 bits per heavy atom. The van der Waals surface area contributed by atoms with Gasteiger partial charge in [0.25, 0.3) is 11.8 Å². The molecule has 0 aliphatic heterocycles. The summed E-state index contributed by atoms with van der Waals surface area (Å²) in [6.45, 7) is 1.94.